The summed E-state index contributed by atoms with van der Waals surface area (Å²) in [4.78, 5) is 12.7. The highest BCUT2D eigenvalue weighted by Gasteiger charge is 2.40. The van der Waals surface area contributed by atoms with E-state index < -0.39 is 8.07 Å². The highest BCUT2D eigenvalue weighted by atomic mass is 28.3. The molecule has 2 aromatic rings. The molecule has 0 fully saturated rings. The van der Waals surface area contributed by atoms with Crippen LogP contribution in [-0.4, -0.2) is 21.2 Å². The van der Waals surface area contributed by atoms with Gasteiger partial charge in [-0.25, -0.2) is 0 Å². The average molecular weight is 353 g/mol. The van der Waals surface area contributed by atoms with Gasteiger partial charge < -0.3 is 4.74 Å². The van der Waals surface area contributed by atoms with Gasteiger partial charge in [0.2, 0.25) is 0 Å². The van der Waals surface area contributed by atoms with Crippen LogP contribution in [0.3, 0.4) is 0 Å². The average Bonchev–Trinajstić information content (AvgIpc) is 2.65. The molecule has 0 aliphatic heterocycles. The molecule has 0 N–H and O–H groups in total. The first-order valence-electron chi connectivity index (χ1n) is 8.80. The number of rotatable bonds is 7. The Morgan fingerprint density at radius 3 is 2.12 bits per heavy atom. The lowest BCUT2D eigenvalue weighted by Crippen LogP contribution is -2.49. The van der Waals surface area contributed by atoms with E-state index in [1.807, 2.05) is 31.2 Å². The number of carbonyl (C=O) groups excluding carboxylic acids is 1. The fourth-order valence-corrected chi connectivity index (χ4v) is 6.89. The third kappa shape index (κ3) is 4.70. The van der Waals surface area contributed by atoms with Gasteiger partial charge >= 0.3 is 5.97 Å². The van der Waals surface area contributed by atoms with Crippen molar-refractivity contribution in [1.29, 1.82) is 0 Å². The first kappa shape index (κ1) is 19.2. The van der Waals surface area contributed by atoms with E-state index in [0.717, 1.165) is 0 Å². The van der Waals surface area contributed by atoms with Crippen molar-refractivity contribution in [3.8, 4) is 0 Å². The van der Waals surface area contributed by atoms with Gasteiger partial charge in [-0.15, -0.1) is 0 Å². The second-order valence-corrected chi connectivity index (χ2v) is 11.6. The Bertz CT molecular complexity index is 692. The lowest BCUT2D eigenvalue weighted by molar-refractivity contribution is -0.145. The minimum atomic E-state index is -1.91. The Labute approximate surface area is 152 Å². The van der Waals surface area contributed by atoms with Crippen LogP contribution in [0.15, 0.2) is 72.8 Å². The van der Waals surface area contributed by atoms with Gasteiger partial charge in [-0.3, -0.25) is 4.79 Å². The van der Waals surface area contributed by atoms with Crippen molar-refractivity contribution in [1.82, 2.24) is 0 Å². The maximum Gasteiger partial charge on any atom is 0.309 e. The highest BCUT2D eigenvalue weighted by molar-refractivity contribution is 6.91. The minimum absolute atomic E-state index is 0.122. The van der Waals surface area contributed by atoms with E-state index in [0.29, 0.717) is 6.42 Å². The summed E-state index contributed by atoms with van der Waals surface area (Å²) in [5.41, 5.74) is 1.35. The Morgan fingerprint density at radius 2 is 1.60 bits per heavy atom. The second kappa shape index (κ2) is 8.81. The summed E-state index contributed by atoms with van der Waals surface area (Å²) in [6.45, 7) is 6.71. The standard InChI is InChI=1S/C22H28O2Si/c1-5-12-21(25(3,4)19-15-10-7-11-16-19)20(22(23)24-2)17-18-13-8-6-9-14-18/h5-16,20-21H,17H2,1-4H3/b12-5+/t20-,21+/m1/s1. The summed E-state index contributed by atoms with van der Waals surface area (Å²) < 4.78 is 5.19. The van der Waals surface area contributed by atoms with E-state index in [4.69, 9.17) is 4.74 Å². The van der Waals surface area contributed by atoms with Crippen LogP contribution in [0.2, 0.25) is 18.6 Å². The zero-order valence-electron chi connectivity index (χ0n) is 15.6. The molecule has 0 amide bonds. The van der Waals surface area contributed by atoms with Gasteiger partial charge in [-0.1, -0.05) is 91.1 Å². The number of allylic oxidation sites excluding steroid dienone is 2. The molecule has 0 radical (unpaired) electrons. The summed E-state index contributed by atoms with van der Waals surface area (Å²) >= 11 is 0. The van der Waals surface area contributed by atoms with E-state index in [-0.39, 0.29) is 17.4 Å². The summed E-state index contributed by atoms with van der Waals surface area (Å²) in [5.74, 6) is -0.297. The molecule has 0 saturated heterocycles. The van der Waals surface area contributed by atoms with Crippen LogP contribution in [-0.2, 0) is 16.0 Å². The number of hydrogen-bond donors (Lipinski definition) is 0. The van der Waals surface area contributed by atoms with Gasteiger partial charge in [0.25, 0.3) is 0 Å². The third-order valence-corrected chi connectivity index (χ3v) is 9.07. The van der Waals surface area contributed by atoms with Crippen LogP contribution >= 0.6 is 0 Å². The molecular formula is C22H28O2Si. The van der Waals surface area contributed by atoms with E-state index >= 15 is 0 Å². The second-order valence-electron chi connectivity index (χ2n) is 6.96. The topological polar surface area (TPSA) is 26.3 Å². The number of carbonyl (C=O) groups is 1. The molecule has 0 aromatic heterocycles. The first-order valence-corrected chi connectivity index (χ1v) is 11.9. The molecule has 2 aromatic carbocycles. The molecule has 3 heteroatoms. The third-order valence-electron chi connectivity index (χ3n) is 4.99. The number of benzene rings is 2. The molecule has 0 heterocycles. The van der Waals surface area contributed by atoms with E-state index in [2.05, 4.69) is 61.6 Å². The van der Waals surface area contributed by atoms with Gasteiger partial charge in [0.05, 0.1) is 21.1 Å². The van der Waals surface area contributed by atoms with Crippen LogP contribution in [0.1, 0.15) is 12.5 Å². The van der Waals surface area contributed by atoms with Crippen molar-refractivity contribution >= 4 is 19.2 Å². The summed E-state index contributed by atoms with van der Waals surface area (Å²) in [5, 5.41) is 1.36. The molecule has 0 aliphatic rings. The number of methoxy groups -OCH3 is 1. The summed E-state index contributed by atoms with van der Waals surface area (Å²) in [6.07, 6.45) is 4.98. The maximum absolute atomic E-state index is 12.7. The van der Waals surface area contributed by atoms with Crippen molar-refractivity contribution in [3.63, 3.8) is 0 Å². The van der Waals surface area contributed by atoms with Crippen LogP contribution in [0.5, 0.6) is 0 Å². The highest BCUT2D eigenvalue weighted by Crippen LogP contribution is 2.35. The zero-order chi connectivity index (χ0) is 18.3. The zero-order valence-corrected chi connectivity index (χ0v) is 16.6. The number of esters is 1. The van der Waals surface area contributed by atoms with Crippen molar-refractivity contribution in [2.75, 3.05) is 7.11 Å². The van der Waals surface area contributed by atoms with E-state index in [1.165, 1.54) is 17.9 Å². The predicted octanol–water partition coefficient (Wildman–Crippen LogP) is 4.58. The molecule has 0 saturated carbocycles. The van der Waals surface area contributed by atoms with Gasteiger partial charge in [0, 0.05) is 0 Å². The normalized spacial score (nSPS) is 14.2. The molecule has 2 nitrogen and oxygen atoms in total. The maximum atomic E-state index is 12.7. The van der Waals surface area contributed by atoms with Crippen molar-refractivity contribution in [3.05, 3.63) is 78.4 Å². The SMILES string of the molecule is C/C=C/[C@@H]([C@@H](Cc1ccccc1)C(=O)OC)[Si](C)(C)c1ccccc1. The Kier molecular flexibility index (Phi) is 6.77. The first-order chi connectivity index (χ1) is 12.0. The molecule has 2 rings (SSSR count). The van der Waals surface area contributed by atoms with Gasteiger partial charge in [-0.05, 0) is 24.4 Å². The molecule has 0 unspecified atom stereocenters. The lowest BCUT2D eigenvalue weighted by atomic mass is 9.95. The Hall–Kier alpha value is -2.13. The molecule has 25 heavy (non-hydrogen) atoms. The van der Waals surface area contributed by atoms with Gasteiger partial charge in [0.1, 0.15) is 0 Å². The Balaban J connectivity index is 2.43. The summed E-state index contributed by atoms with van der Waals surface area (Å²) in [6, 6.07) is 20.8. The Morgan fingerprint density at radius 1 is 1.04 bits per heavy atom. The molecular weight excluding hydrogens is 324 g/mol. The van der Waals surface area contributed by atoms with Crippen LogP contribution in [0, 0.1) is 5.92 Å². The fraction of sp³-hybridized carbons (Fsp3) is 0.318. The monoisotopic (exact) mass is 352 g/mol. The fourth-order valence-electron chi connectivity index (χ4n) is 3.52. The minimum Gasteiger partial charge on any atom is -0.469 e. The molecule has 2 atom stereocenters. The number of ether oxygens (including phenoxy) is 1. The van der Waals surface area contributed by atoms with Crippen LogP contribution < -0.4 is 5.19 Å². The largest absolute Gasteiger partial charge is 0.469 e. The van der Waals surface area contributed by atoms with Crippen molar-refractivity contribution < 1.29 is 9.53 Å². The molecule has 132 valence electrons. The molecule has 0 spiro atoms. The molecule has 0 bridgehead atoms. The predicted molar refractivity (Wildman–Crippen MR) is 108 cm³/mol. The van der Waals surface area contributed by atoms with Gasteiger partial charge in [-0.2, -0.15) is 0 Å². The van der Waals surface area contributed by atoms with E-state index in [9.17, 15) is 4.79 Å². The van der Waals surface area contributed by atoms with Crippen molar-refractivity contribution in [2.45, 2.75) is 32.0 Å². The van der Waals surface area contributed by atoms with Crippen LogP contribution in [0.4, 0.5) is 0 Å². The summed E-state index contributed by atoms with van der Waals surface area (Å²) in [7, 11) is -0.423. The quantitative estimate of drug-likeness (QED) is 0.414. The van der Waals surface area contributed by atoms with E-state index in [1.54, 1.807) is 0 Å². The van der Waals surface area contributed by atoms with Crippen LogP contribution in [0.25, 0.3) is 0 Å². The lowest BCUT2D eigenvalue weighted by Gasteiger charge is -2.35. The number of hydrogen-bond acceptors (Lipinski definition) is 2. The smallest absolute Gasteiger partial charge is 0.309 e. The van der Waals surface area contributed by atoms with Crippen molar-refractivity contribution in [2.24, 2.45) is 5.92 Å². The van der Waals surface area contributed by atoms with Gasteiger partial charge in [0.15, 0.2) is 0 Å². The molecule has 0 aliphatic carbocycles.